The van der Waals surface area contributed by atoms with Gasteiger partial charge in [0.15, 0.2) is 0 Å². The molecule has 0 aliphatic rings. The Morgan fingerprint density at radius 3 is 2.71 bits per heavy atom. The van der Waals surface area contributed by atoms with E-state index in [0.29, 0.717) is 18.9 Å². The second-order valence-corrected chi connectivity index (χ2v) is 5.43. The van der Waals surface area contributed by atoms with Crippen molar-refractivity contribution in [2.75, 3.05) is 33.1 Å². The van der Waals surface area contributed by atoms with Gasteiger partial charge in [-0.15, -0.1) is 11.6 Å². The molecule has 0 aliphatic carbocycles. The fraction of sp³-hybridized carbons (Fsp3) is 0.333. The Morgan fingerprint density at radius 1 is 1.14 bits per heavy atom. The van der Waals surface area contributed by atoms with Crippen LogP contribution in [-0.2, 0) is 0 Å². The molecule has 2 aromatic rings. The van der Waals surface area contributed by atoms with Crippen molar-refractivity contribution in [3.8, 4) is 17.6 Å². The molecule has 2 aromatic carbocycles. The number of likely N-dealkylation sites (N-methyl/N-ethyl adjacent to an activating group) is 1. The number of fused-ring (bicyclic) bond motifs is 1. The van der Waals surface area contributed by atoms with Crippen molar-refractivity contribution in [2.45, 2.75) is 6.42 Å². The molecular formula is C18H20ClNO. The lowest BCUT2D eigenvalue weighted by Crippen LogP contribution is -2.19. The number of benzene rings is 2. The standard InChI is InChI=1S/C18H20ClNO/c1-20(2)13-14-21-18-11-10-15-7-3-4-8-16(15)17(18)9-5-6-12-19/h3-4,7-8,10-11H,6,12-14H2,1-2H3. The van der Waals surface area contributed by atoms with Gasteiger partial charge in [-0.2, -0.15) is 0 Å². The van der Waals surface area contributed by atoms with E-state index < -0.39 is 0 Å². The quantitative estimate of drug-likeness (QED) is 0.616. The molecule has 0 unspecified atom stereocenters. The maximum absolute atomic E-state index is 5.91. The van der Waals surface area contributed by atoms with E-state index in [-0.39, 0.29) is 0 Å². The van der Waals surface area contributed by atoms with E-state index in [2.05, 4.69) is 34.9 Å². The highest BCUT2D eigenvalue weighted by Crippen LogP contribution is 2.27. The molecule has 2 nitrogen and oxygen atoms in total. The Labute approximate surface area is 131 Å². The molecule has 0 spiro atoms. The second-order valence-electron chi connectivity index (χ2n) is 5.05. The lowest BCUT2D eigenvalue weighted by Gasteiger charge is -2.13. The zero-order valence-electron chi connectivity index (χ0n) is 12.5. The molecule has 2 rings (SSSR count). The summed E-state index contributed by atoms with van der Waals surface area (Å²) in [5.74, 6) is 7.73. The predicted molar refractivity (Wildman–Crippen MR) is 90.2 cm³/mol. The number of halogens is 1. The summed E-state index contributed by atoms with van der Waals surface area (Å²) in [5, 5.41) is 2.30. The van der Waals surface area contributed by atoms with Crippen LogP contribution in [0.4, 0.5) is 0 Å². The second kappa shape index (κ2) is 7.93. The molecule has 0 bridgehead atoms. The van der Waals surface area contributed by atoms with Crippen LogP contribution in [0.2, 0.25) is 0 Å². The van der Waals surface area contributed by atoms with Crippen LogP contribution in [0.15, 0.2) is 36.4 Å². The third kappa shape index (κ3) is 4.39. The van der Waals surface area contributed by atoms with E-state index in [0.717, 1.165) is 23.2 Å². The first kappa shape index (κ1) is 15.7. The number of alkyl halides is 1. The van der Waals surface area contributed by atoms with Crippen molar-refractivity contribution in [1.29, 1.82) is 0 Å². The summed E-state index contributed by atoms with van der Waals surface area (Å²) in [6, 6.07) is 12.3. The van der Waals surface area contributed by atoms with E-state index in [1.807, 2.05) is 32.3 Å². The molecule has 0 heterocycles. The van der Waals surface area contributed by atoms with Crippen LogP contribution in [0, 0.1) is 11.8 Å². The smallest absolute Gasteiger partial charge is 0.135 e. The normalized spacial score (nSPS) is 10.5. The Kier molecular flexibility index (Phi) is 5.92. The van der Waals surface area contributed by atoms with Crippen LogP contribution >= 0.6 is 11.6 Å². The number of nitrogens with zero attached hydrogens (tertiary/aromatic N) is 1. The first-order valence-corrected chi connectivity index (χ1v) is 7.60. The summed E-state index contributed by atoms with van der Waals surface area (Å²) in [6.07, 6.45) is 0.682. The fourth-order valence-electron chi connectivity index (χ4n) is 2.04. The van der Waals surface area contributed by atoms with E-state index in [1.54, 1.807) is 0 Å². The fourth-order valence-corrected chi connectivity index (χ4v) is 2.13. The van der Waals surface area contributed by atoms with Crippen LogP contribution < -0.4 is 4.74 Å². The van der Waals surface area contributed by atoms with Gasteiger partial charge in [0.1, 0.15) is 12.4 Å². The number of ether oxygens (including phenoxy) is 1. The van der Waals surface area contributed by atoms with Gasteiger partial charge >= 0.3 is 0 Å². The van der Waals surface area contributed by atoms with Gasteiger partial charge < -0.3 is 9.64 Å². The Balaban J connectivity index is 2.34. The van der Waals surface area contributed by atoms with Gasteiger partial charge in [0.05, 0.1) is 5.56 Å². The average Bonchev–Trinajstić information content (AvgIpc) is 2.48. The molecule has 0 aliphatic heterocycles. The molecule has 0 aromatic heterocycles. The van der Waals surface area contributed by atoms with Crippen LogP contribution in [0.5, 0.6) is 5.75 Å². The molecule has 0 fully saturated rings. The maximum Gasteiger partial charge on any atom is 0.135 e. The number of hydrogen-bond acceptors (Lipinski definition) is 2. The molecule has 0 saturated heterocycles. The zero-order chi connectivity index (χ0) is 15.1. The van der Waals surface area contributed by atoms with Crippen molar-refractivity contribution >= 4 is 22.4 Å². The third-order valence-electron chi connectivity index (χ3n) is 3.12. The largest absolute Gasteiger partial charge is 0.491 e. The van der Waals surface area contributed by atoms with E-state index in [1.165, 1.54) is 5.39 Å². The van der Waals surface area contributed by atoms with Gasteiger partial charge in [0, 0.05) is 24.2 Å². The van der Waals surface area contributed by atoms with Gasteiger partial charge in [-0.25, -0.2) is 0 Å². The highest BCUT2D eigenvalue weighted by atomic mass is 35.5. The number of rotatable bonds is 5. The molecule has 3 heteroatoms. The SMILES string of the molecule is CN(C)CCOc1ccc2ccccc2c1C#CCCCl. The van der Waals surface area contributed by atoms with Gasteiger partial charge in [0.2, 0.25) is 0 Å². The topological polar surface area (TPSA) is 12.5 Å². The van der Waals surface area contributed by atoms with Crippen molar-refractivity contribution in [3.05, 3.63) is 42.0 Å². The molecule has 0 amide bonds. The molecule has 0 radical (unpaired) electrons. The Hall–Kier alpha value is -1.69. The molecule has 21 heavy (non-hydrogen) atoms. The van der Waals surface area contributed by atoms with Crippen LogP contribution in [0.1, 0.15) is 12.0 Å². The minimum Gasteiger partial charge on any atom is -0.491 e. The van der Waals surface area contributed by atoms with Gasteiger partial charge in [0.25, 0.3) is 0 Å². The zero-order valence-corrected chi connectivity index (χ0v) is 13.3. The maximum atomic E-state index is 5.91. The molecule has 0 atom stereocenters. The first-order chi connectivity index (χ1) is 10.2. The minimum atomic E-state index is 0.550. The summed E-state index contributed by atoms with van der Waals surface area (Å²) >= 11 is 5.70. The van der Waals surface area contributed by atoms with Crippen molar-refractivity contribution < 1.29 is 4.74 Å². The predicted octanol–water partition coefficient (Wildman–Crippen LogP) is 3.76. The van der Waals surface area contributed by atoms with E-state index in [9.17, 15) is 0 Å². The van der Waals surface area contributed by atoms with E-state index in [4.69, 9.17) is 16.3 Å². The Bertz CT molecular complexity index is 655. The summed E-state index contributed by atoms with van der Waals surface area (Å²) in [5.41, 5.74) is 0.956. The third-order valence-corrected chi connectivity index (χ3v) is 3.31. The van der Waals surface area contributed by atoms with Gasteiger partial charge in [-0.1, -0.05) is 42.2 Å². The van der Waals surface area contributed by atoms with E-state index >= 15 is 0 Å². The first-order valence-electron chi connectivity index (χ1n) is 7.06. The minimum absolute atomic E-state index is 0.550. The summed E-state index contributed by atoms with van der Waals surface area (Å²) in [4.78, 5) is 2.10. The summed E-state index contributed by atoms with van der Waals surface area (Å²) in [6.45, 7) is 1.52. The molecule has 110 valence electrons. The molecular weight excluding hydrogens is 282 g/mol. The summed E-state index contributed by atoms with van der Waals surface area (Å²) < 4.78 is 5.91. The lowest BCUT2D eigenvalue weighted by atomic mass is 10.0. The molecule has 0 N–H and O–H groups in total. The monoisotopic (exact) mass is 301 g/mol. The summed E-state index contributed by atoms with van der Waals surface area (Å²) in [7, 11) is 4.07. The average molecular weight is 302 g/mol. The van der Waals surface area contributed by atoms with Crippen molar-refractivity contribution in [3.63, 3.8) is 0 Å². The highest BCUT2D eigenvalue weighted by molar-refractivity contribution is 6.18. The lowest BCUT2D eigenvalue weighted by molar-refractivity contribution is 0.261. The number of hydrogen-bond donors (Lipinski definition) is 0. The van der Waals surface area contributed by atoms with Crippen molar-refractivity contribution in [1.82, 2.24) is 4.90 Å². The van der Waals surface area contributed by atoms with Crippen LogP contribution in [-0.4, -0.2) is 38.0 Å². The van der Waals surface area contributed by atoms with Crippen molar-refractivity contribution in [2.24, 2.45) is 0 Å². The molecule has 0 saturated carbocycles. The Morgan fingerprint density at radius 2 is 1.95 bits per heavy atom. The van der Waals surface area contributed by atoms with Gasteiger partial charge in [-0.05, 0) is 25.5 Å². The van der Waals surface area contributed by atoms with Crippen LogP contribution in [0.25, 0.3) is 10.8 Å². The van der Waals surface area contributed by atoms with Gasteiger partial charge in [-0.3, -0.25) is 0 Å². The van der Waals surface area contributed by atoms with Crippen LogP contribution in [0.3, 0.4) is 0 Å². The highest BCUT2D eigenvalue weighted by Gasteiger charge is 2.06.